The molecule has 4 N–H and O–H groups in total. The molecule has 0 aliphatic heterocycles. The van der Waals surface area contributed by atoms with Crippen molar-refractivity contribution in [2.45, 2.75) is 31.9 Å². The van der Waals surface area contributed by atoms with E-state index >= 15 is 0 Å². The van der Waals surface area contributed by atoms with Crippen molar-refractivity contribution in [2.75, 3.05) is 25.6 Å². The van der Waals surface area contributed by atoms with E-state index in [4.69, 9.17) is 4.74 Å². The minimum Gasteiger partial charge on any atom is -0.497 e. The molecular formula is C27H32N2O4. The fourth-order valence-electron chi connectivity index (χ4n) is 3.70. The maximum atomic E-state index is 11.9. The van der Waals surface area contributed by atoms with Crippen molar-refractivity contribution < 1.29 is 19.7 Å². The zero-order chi connectivity index (χ0) is 23.6. The van der Waals surface area contributed by atoms with Gasteiger partial charge in [-0.3, -0.25) is 4.79 Å². The summed E-state index contributed by atoms with van der Waals surface area (Å²) in [7, 11) is 1.62. The van der Waals surface area contributed by atoms with Crippen LogP contribution < -0.4 is 15.4 Å². The molecule has 0 heterocycles. The molecule has 0 aromatic heterocycles. The number of hydrogen-bond acceptors (Lipinski definition) is 5. The number of nitrogens with one attached hydrogen (secondary N) is 2. The monoisotopic (exact) mass is 448 g/mol. The van der Waals surface area contributed by atoms with Gasteiger partial charge >= 0.3 is 0 Å². The standard InChI is InChI=1S/C27H32N2O4/c1-19(14-20-6-4-3-5-7-20)28-17-26(31)23-11-10-22(25(16-23)29-27(32)18-30)15-21-8-12-24(33-2)13-9-21/h3-13,16,19,26,28,30-31H,14-15,17-18H2,1-2H3,(H,29,32)/t19?,26-/m0/s1. The summed E-state index contributed by atoms with van der Waals surface area (Å²) >= 11 is 0. The first kappa shape index (κ1) is 24.5. The van der Waals surface area contributed by atoms with Crippen molar-refractivity contribution in [1.82, 2.24) is 5.32 Å². The van der Waals surface area contributed by atoms with E-state index in [1.54, 1.807) is 13.2 Å². The van der Waals surface area contributed by atoms with Gasteiger partial charge in [0.15, 0.2) is 0 Å². The van der Waals surface area contributed by atoms with Gasteiger partial charge in [-0.1, -0.05) is 54.6 Å². The number of aliphatic hydroxyl groups excluding tert-OH is 2. The number of methoxy groups -OCH3 is 1. The molecule has 0 fully saturated rings. The molecule has 0 saturated heterocycles. The largest absolute Gasteiger partial charge is 0.497 e. The lowest BCUT2D eigenvalue weighted by Gasteiger charge is -2.19. The van der Waals surface area contributed by atoms with E-state index < -0.39 is 18.6 Å². The van der Waals surface area contributed by atoms with Gasteiger partial charge in [-0.15, -0.1) is 0 Å². The molecule has 0 spiro atoms. The number of carbonyl (C=O) groups excluding carboxylic acids is 1. The third-order valence-electron chi connectivity index (χ3n) is 5.53. The summed E-state index contributed by atoms with van der Waals surface area (Å²) in [6.45, 7) is 1.87. The zero-order valence-corrected chi connectivity index (χ0v) is 19.1. The van der Waals surface area contributed by atoms with Crippen LogP contribution in [0.4, 0.5) is 5.69 Å². The van der Waals surface area contributed by atoms with E-state index in [-0.39, 0.29) is 6.04 Å². The SMILES string of the molecule is COc1ccc(Cc2ccc([C@@H](O)CNC(C)Cc3ccccc3)cc2NC(=O)CO)cc1. The average Bonchev–Trinajstić information content (AvgIpc) is 2.84. The van der Waals surface area contributed by atoms with Gasteiger partial charge in [0, 0.05) is 18.3 Å². The van der Waals surface area contributed by atoms with Crippen LogP contribution in [-0.4, -0.2) is 42.4 Å². The lowest BCUT2D eigenvalue weighted by molar-refractivity contribution is -0.118. The van der Waals surface area contributed by atoms with Crippen molar-refractivity contribution in [3.63, 3.8) is 0 Å². The van der Waals surface area contributed by atoms with Gasteiger partial charge in [-0.2, -0.15) is 0 Å². The summed E-state index contributed by atoms with van der Waals surface area (Å²) in [5.41, 5.74) is 4.46. The van der Waals surface area contributed by atoms with Crippen molar-refractivity contribution in [2.24, 2.45) is 0 Å². The second-order valence-corrected chi connectivity index (χ2v) is 8.16. The van der Waals surface area contributed by atoms with Crippen LogP contribution in [0.25, 0.3) is 0 Å². The van der Waals surface area contributed by atoms with Crippen molar-refractivity contribution in [1.29, 1.82) is 0 Å². The lowest BCUT2D eigenvalue weighted by atomic mass is 9.99. The van der Waals surface area contributed by atoms with Crippen LogP contribution in [0.1, 0.15) is 35.3 Å². The maximum Gasteiger partial charge on any atom is 0.250 e. The van der Waals surface area contributed by atoms with Gasteiger partial charge in [0.25, 0.3) is 0 Å². The summed E-state index contributed by atoms with van der Waals surface area (Å²) in [5, 5.41) is 26.1. The molecule has 174 valence electrons. The topological polar surface area (TPSA) is 90.8 Å². The van der Waals surface area contributed by atoms with Crippen LogP contribution in [0.3, 0.4) is 0 Å². The Morgan fingerprint density at radius 3 is 2.39 bits per heavy atom. The van der Waals surface area contributed by atoms with Gasteiger partial charge in [0.2, 0.25) is 5.91 Å². The van der Waals surface area contributed by atoms with Crippen LogP contribution in [0.15, 0.2) is 72.8 Å². The predicted molar refractivity (Wildman–Crippen MR) is 131 cm³/mol. The normalized spacial score (nSPS) is 12.7. The third-order valence-corrected chi connectivity index (χ3v) is 5.53. The summed E-state index contributed by atoms with van der Waals surface area (Å²) in [4.78, 5) is 11.9. The maximum absolute atomic E-state index is 11.9. The number of aliphatic hydroxyl groups is 2. The molecule has 0 radical (unpaired) electrons. The molecule has 0 aliphatic rings. The number of ether oxygens (including phenoxy) is 1. The Morgan fingerprint density at radius 2 is 1.73 bits per heavy atom. The third kappa shape index (κ3) is 7.43. The Balaban J connectivity index is 1.69. The molecule has 1 amide bonds. The summed E-state index contributed by atoms with van der Waals surface area (Å²) in [5.74, 6) is 0.284. The Kier molecular flexibility index (Phi) is 9.01. The molecule has 6 nitrogen and oxygen atoms in total. The Morgan fingerprint density at radius 1 is 1.00 bits per heavy atom. The summed E-state index contributed by atoms with van der Waals surface area (Å²) in [6.07, 6.45) is 0.725. The second-order valence-electron chi connectivity index (χ2n) is 8.16. The quantitative estimate of drug-likeness (QED) is 0.361. The van der Waals surface area contributed by atoms with Gasteiger partial charge in [0.05, 0.1) is 13.2 Å². The number of amides is 1. The number of anilines is 1. The van der Waals surface area contributed by atoms with E-state index in [2.05, 4.69) is 29.7 Å². The first-order valence-electron chi connectivity index (χ1n) is 11.1. The summed E-state index contributed by atoms with van der Waals surface area (Å²) in [6, 6.07) is 23.7. The van der Waals surface area contributed by atoms with Crippen molar-refractivity contribution in [3.8, 4) is 5.75 Å². The minimum atomic E-state index is -0.733. The second kappa shape index (κ2) is 12.2. The first-order valence-corrected chi connectivity index (χ1v) is 11.1. The number of carbonyl (C=O) groups is 1. The Bertz CT molecular complexity index is 1020. The van der Waals surface area contributed by atoms with Crippen LogP contribution in [0.2, 0.25) is 0 Å². The van der Waals surface area contributed by atoms with Gasteiger partial charge < -0.3 is 25.6 Å². The molecule has 3 rings (SSSR count). The molecule has 2 atom stereocenters. The molecule has 0 aliphatic carbocycles. The molecule has 0 saturated carbocycles. The van der Waals surface area contributed by atoms with Gasteiger partial charge in [0.1, 0.15) is 12.4 Å². The highest BCUT2D eigenvalue weighted by Gasteiger charge is 2.14. The lowest BCUT2D eigenvalue weighted by Crippen LogP contribution is -2.32. The molecule has 3 aromatic carbocycles. The molecule has 3 aromatic rings. The highest BCUT2D eigenvalue weighted by molar-refractivity contribution is 5.92. The average molecular weight is 449 g/mol. The number of benzene rings is 3. The number of rotatable bonds is 11. The first-order chi connectivity index (χ1) is 16.0. The smallest absolute Gasteiger partial charge is 0.250 e. The van der Waals surface area contributed by atoms with E-state index in [1.807, 2.05) is 54.6 Å². The van der Waals surface area contributed by atoms with E-state index in [9.17, 15) is 15.0 Å². The highest BCUT2D eigenvalue weighted by Crippen LogP contribution is 2.25. The fourth-order valence-corrected chi connectivity index (χ4v) is 3.70. The van der Waals surface area contributed by atoms with E-state index in [0.717, 1.165) is 23.3 Å². The van der Waals surface area contributed by atoms with Crippen molar-refractivity contribution in [3.05, 3.63) is 95.1 Å². The Hall–Kier alpha value is -3.19. The Labute approximate surface area is 195 Å². The van der Waals surface area contributed by atoms with Crippen LogP contribution in [-0.2, 0) is 17.6 Å². The van der Waals surface area contributed by atoms with E-state index in [0.29, 0.717) is 24.2 Å². The van der Waals surface area contributed by atoms with Crippen LogP contribution in [0.5, 0.6) is 5.75 Å². The minimum absolute atomic E-state index is 0.199. The highest BCUT2D eigenvalue weighted by atomic mass is 16.5. The van der Waals surface area contributed by atoms with Gasteiger partial charge in [-0.25, -0.2) is 0 Å². The van der Waals surface area contributed by atoms with Crippen molar-refractivity contribution >= 4 is 11.6 Å². The van der Waals surface area contributed by atoms with E-state index in [1.165, 1.54) is 5.56 Å². The number of hydrogen-bond donors (Lipinski definition) is 4. The molecular weight excluding hydrogens is 416 g/mol. The molecule has 0 bridgehead atoms. The molecule has 1 unspecified atom stereocenters. The molecule has 33 heavy (non-hydrogen) atoms. The molecule has 6 heteroatoms. The van der Waals surface area contributed by atoms with Crippen LogP contribution in [0, 0.1) is 0 Å². The summed E-state index contributed by atoms with van der Waals surface area (Å²) < 4.78 is 5.21. The van der Waals surface area contributed by atoms with Crippen LogP contribution >= 0.6 is 0 Å². The van der Waals surface area contributed by atoms with Gasteiger partial charge in [-0.05, 0) is 60.2 Å². The fraction of sp³-hybridized carbons (Fsp3) is 0.296. The zero-order valence-electron chi connectivity index (χ0n) is 19.1. The predicted octanol–water partition coefficient (Wildman–Crippen LogP) is 3.47.